The van der Waals surface area contributed by atoms with Gasteiger partial charge >= 0.3 is 5.97 Å². The number of thiophene rings is 1. The summed E-state index contributed by atoms with van der Waals surface area (Å²) in [4.78, 5) is 49.8. The first-order valence-corrected chi connectivity index (χ1v) is 17.9. The predicted molar refractivity (Wildman–Crippen MR) is 184 cm³/mol. The Hall–Kier alpha value is -5.08. The maximum atomic E-state index is 13.3. The molecular formula is C28H34N12O5S3. The molecule has 20 heteroatoms. The molecule has 0 spiro atoms. The van der Waals surface area contributed by atoms with Crippen molar-refractivity contribution in [1.82, 2.24) is 25.3 Å². The molecular weight excluding hydrogens is 681 g/mol. The Morgan fingerprint density at radius 2 is 1.81 bits per heavy atom. The molecule has 1 aliphatic rings. The first kappa shape index (κ1) is 34.3. The summed E-state index contributed by atoms with van der Waals surface area (Å²) in [5, 5.41) is 19.6. The number of anilines is 4. The summed E-state index contributed by atoms with van der Waals surface area (Å²) in [7, 11) is -4.10. The zero-order valence-corrected chi connectivity index (χ0v) is 28.0. The fourth-order valence-electron chi connectivity index (χ4n) is 4.74. The summed E-state index contributed by atoms with van der Waals surface area (Å²) in [5.41, 5.74) is 12.0. The van der Waals surface area contributed by atoms with Crippen molar-refractivity contribution < 1.29 is 23.1 Å². The van der Waals surface area contributed by atoms with Crippen LogP contribution in [0.25, 0.3) is 0 Å². The molecule has 4 aromatic rings. The maximum Gasteiger partial charge on any atom is 0.326 e. The van der Waals surface area contributed by atoms with Gasteiger partial charge in [0.05, 0.1) is 22.8 Å². The van der Waals surface area contributed by atoms with Crippen LogP contribution in [-0.2, 0) is 21.4 Å². The summed E-state index contributed by atoms with van der Waals surface area (Å²) in [5.74, 6) is -1.41. The third kappa shape index (κ3) is 9.04. The number of guanidine groups is 1. The molecule has 1 atom stereocenters. The number of hydrogen-bond acceptors (Lipinski definition) is 14. The topological polar surface area (TPSA) is 247 Å². The summed E-state index contributed by atoms with van der Waals surface area (Å²) >= 11 is 2.52. The standard InChI is InChI=1S/C28H34N12O5S3/c29-26(30)32-7-2-5-22(25(42)43)37-24(41)23-21(6-12-46-23)38-48(44,45)20-4-1-3-18(13-20)33-14-19-15-47-28(36-19)40-10-8-39(9-11-40)27-34-16-31-17-35-27/h1,3-4,6,12-13,15-17,22,33,38H,2,5,7-11,14H2,(H,37,41)(H,42,43)(H4,29,30,32). The van der Waals surface area contributed by atoms with E-state index in [9.17, 15) is 23.1 Å². The van der Waals surface area contributed by atoms with Crippen molar-refractivity contribution in [3.63, 3.8) is 0 Å². The summed E-state index contributed by atoms with van der Waals surface area (Å²) < 4.78 is 29.1. The second kappa shape index (κ2) is 15.7. The van der Waals surface area contributed by atoms with Crippen molar-refractivity contribution >= 4 is 73.0 Å². The zero-order chi connectivity index (χ0) is 34.1. The second-order valence-electron chi connectivity index (χ2n) is 10.5. The highest BCUT2D eigenvalue weighted by atomic mass is 32.2. The molecule has 0 aliphatic carbocycles. The molecule has 1 saturated heterocycles. The van der Waals surface area contributed by atoms with Crippen LogP contribution in [0.1, 0.15) is 28.2 Å². The maximum absolute atomic E-state index is 13.3. The van der Waals surface area contributed by atoms with Crippen LogP contribution in [0.3, 0.4) is 0 Å². The van der Waals surface area contributed by atoms with E-state index in [1.54, 1.807) is 23.5 Å². The van der Waals surface area contributed by atoms with E-state index >= 15 is 0 Å². The SMILES string of the molecule is NC(N)=NCCCC(NC(=O)c1sccc1NS(=O)(=O)c1cccc(NCc2csc(N3CCN(c4ncncn4)CC3)n2)c1)C(=O)O. The van der Waals surface area contributed by atoms with Gasteiger partial charge in [-0.25, -0.2) is 33.1 Å². The predicted octanol–water partition coefficient (Wildman–Crippen LogP) is 1.37. The number of aliphatic imine (C=N–C) groups is 1. The normalized spacial score (nSPS) is 13.8. The molecule has 0 saturated carbocycles. The molecule has 254 valence electrons. The molecule has 4 heterocycles. The van der Waals surface area contributed by atoms with Gasteiger partial charge in [0.1, 0.15) is 23.6 Å². The first-order valence-electron chi connectivity index (χ1n) is 14.7. The molecule has 17 nitrogen and oxygen atoms in total. The molecule has 1 fully saturated rings. The number of carboxylic acid groups (broad SMARTS) is 1. The van der Waals surface area contributed by atoms with Crippen molar-refractivity contribution in [2.75, 3.05) is 52.6 Å². The van der Waals surface area contributed by atoms with E-state index < -0.39 is 27.9 Å². The van der Waals surface area contributed by atoms with Crippen LogP contribution in [0.5, 0.6) is 0 Å². The van der Waals surface area contributed by atoms with E-state index in [2.05, 4.69) is 45.1 Å². The van der Waals surface area contributed by atoms with Gasteiger partial charge in [0.2, 0.25) is 5.95 Å². The second-order valence-corrected chi connectivity index (χ2v) is 13.9. The Bertz CT molecular complexity index is 1840. The van der Waals surface area contributed by atoms with Gasteiger partial charge in [-0.05, 0) is 42.5 Å². The van der Waals surface area contributed by atoms with Crippen LogP contribution >= 0.6 is 22.7 Å². The Morgan fingerprint density at radius 3 is 2.54 bits per heavy atom. The van der Waals surface area contributed by atoms with E-state index in [-0.39, 0.29) is 34.4 Å². The molecule has 1 aromatic carbocycles. The number of aromatic nitrogens is 4. The summed E-state index contributed by atoms with van der Waals surface area (Å²) in [6.07, 6.45) is 3.36. The molecule has 0 radical (unpaired) electrons. The van der Waals surface area contributed by atoms with Crippen molar-refractivity contribution in [2.45, 2.75) is 30.3 Å². The fraction of sp³-hybridized carbons (Fsp3) is 0.321. The van der Waals surface area contributed by atoms with Gasteiger partial charge < -0.3 is 37.0 Å². The molecule has 1 amide bonds. The Kier molecular flexibility index (Phi) is 11.2. The van der Waals surface area contributed by atoms with Gasteiger partial charge in [-0.3, -0.25) is 14.5 Å². The average Bonchev–Trinajstić information content (AvgIpc) is 3.75. The van der Waals surface area contributed by atoms with Gasteiger partial charge in [-0.15, -0.1) is 22.7 Å². The molecule has 8 N–H and O–H groups in total. The van der Waals surface area contributed by atoms with Crippen molar-refractivity contribution in [3.05, 3.63) is 64.3 Å². The van der Waals surface area contributed by atoms with Crippen LogP contribution in [0.4, 0.5) is 22.5 Å². The van der Waals surface area contributed by atoms with Gasteiger partial charge in [0, 0.05) is 43.8 Å². The van der Waals surface area contributed by atoms with Gasteiger partial charge in [0.15, 0.2) is 11.1 Å². The Morgan fingerprint density at radius 1 is 1.06 bits per heavy atom. The fourth-order valence-corrected chi connectivity index (χ4v) is 7.55. The molecule has 3 aromatic heterocycles. The number of sulfonamides is 1. The van der Waals surface area contributed by atoms with E-state index in [1.165, 1.54) is 36.2 Å². The number of carbonyl (C=O) groups excluding carboxylic acids is 1. The monoisotopic (exact) mass is 714 g/mol. The lowest BCUT2D eigenvalue weighted by atomic mass is 10.1. The van der Waals surface area contributed by atoms with E-state index in [4.69, 9.17) is 16.5 Å². The molecule has 1 unspecified atom stereocenters. The Balaban J connectivity index is 1.16. The molecule has 48 heavy (non-hydrogen) atoms. The number of nitrogens with two attached hydrogens (primary N) is 2. The Labute approximate surface area is 284 Å². The number of piperazine rings is 1. The zero-order valence-electron chi connectivity index (χ0n) is 25.5. The van der Waals surface area contributed by atoms with Gasteiger partial charge in [0.25, 0.3) is 15.9 Å². The minimum absolute atomic E-state index is 0.0229. The number of amides is 1. The third-order valence-corrected chi connectivity index (χ3v) is 10.4. The lowest BCUT2D eigenvalue weighted by molar-refractivity contribution is -0.139. The van der Waals surface area contributed by atoms with E-state index in [0.29, 0.717) is 24.6 Å². The number of carboxylic acids is 1. The lowest BCUT2D eigenvalue weighted by Gasteiger charge is -2.34. The van der Waals surface area contributed by atoms with Crippen LogP contribution in [0, 0.1) is 0 Å². The van der Waals surface area contributed by atoms with Crippen LogP contribution in [-0.4, -0.2) is 90.1 Å². The largest absolute Gasteiger partial charge is 0.480 e. The van der Waals surface area contributed by atoms with Crippen LogP contribution in [0.2, 0.25) is 0 Å². The van der Waals surface area contributed by atoms with E-state index in [0.717, 1.165) is 48.3 Å². The van der Waals surface area contributed by atoms with Gasteiger partial charge in [-0.2, -0.15) is 0 Å². The van der Waals surface area contributed by atoms with Crippen LogP contribution in [0.15, 0.2) is 63.6 Å². The quantitative estimate of drug-likeness (QED) is 0.0579. The summed E-state index contributed by atoms with van der Waals surface area (Å²) in [6.45, 7) is 3.64. The highest BCUT2D eigenvalue weighted by Gasteiger charge is 2.25. The highest BCUT2D eigenvalue weighted by molar-refractivity contribution is 7.92. The number of nitrogens with zero attached hydrogens (tertiary/aromatic N) is 7. The minimum atomic E-state index is -4.10. The number of nitrogens with one attached hydrogen (secondary N) is 3. The number of hydrogen-bond donors (Lipinski definition) is 6. The van der Waals surface area contributed by atoms with Crippen molar-refractivity contribution in [1.29, 1.82) is 0 Å². The number of thiazole rings is 1. The molecule has 1 aliphatic heterocycles. The number of rotatable bonds is 15. The highest BCUT2D eigenvalue weighted by Crippen LogP contribution is 2.27. The molecule has 0 bridgehead atoms. The third-order valence-electron chi connectivity index (χ3n) is 7.13. The smallest absolute Gasteiger partial charge is 0.326 e. The summed E-state index contributed by atoms with van der Waals surface area (Å²) in [6, 6.07) is 6.51. The number of carbonyl (C=O) groups is 2. The number of aliphatic carboxylic acids is 1. The lowest BCUT2D eigenvalue weighted by Crippen LogP contribution is -2.47. The number of benzene rings is 1. The van der Waals surface area contributed by atoms with Gasteiger partial charge in [-0.1, -0.05) is 6.07 Å². The van der Waals surface area contributed by atoms with Crippen molar-refractivity contribution in [2.24, 2.45) is 16.5 Å². The van der Waals surface area contributed by atoms with Crippen molar-refractivity contribution in [3.8, 4) is 0 Å². The molecule has 5 rings (SSSR count). The average molecular weight is 715 g/mol. The van der Waals surface area contributed by atoms with Crippen LogP contribution < -0.4 is 36.6 Å². The first-order chi connectivity index (χ1) is 23.1. The minimum Gasteiger partial charge on any atom is -0.480 e. The van der Waals surface area contributed by atoms with E-state index in [1.807, 2.05) is 5.38 Å².